The topological polar surface area (TPSA) is 110 Å². The van der Waals surface area contributed by atoms with Gasteiger partial charge in [0.25, 0.3) is 11.8 Å². The summed E-state index contributed by atoms with van der Waals surface area (Å²) in [7, 11) is 0. The number of amides is 3. The molecule has 3 amide bonds. The lowest BCUT2D eigenvalue weighted by atomic mass is 9.99. The summed E-state index contributed by atoms with van der Waals surface area (Å²) in [5, 5.41) is 9.02. The molecule has 28 heavy (non-hydrogen) atoms. The van der Waals surface area contributed by atoms with Gasteiger partial charge in [0.2, 0.25) is 0 Å². The van der Waals surface area contributed by atoms with E-state index in [0.29, 0.717) is 42.4 Å². The molecular formula is C18H20FN5O4. The first-order valence-electron chi connectivity index (χ1n) is 9.03. The molecule has 0 spiro atoms. The number of rotatable bonds is 2. The highest BCUT2D eigenvalue weighted by Gasteiger charge is 2.33. The SMILES string of the molecule is Cc1noc([C@H]2CN(C(=O)Nc3ccc4c(c3F)CCNC4=O)C[C@@H](C)O2)n1. The Balaban J connectivity index is 1.51. The number of carbonyl (C=O) groups excluding carboxylic acids is 2. The molecule has 0 saturated carbocycles. The van der Waals surface area contributed by atoms with Crippen LogP contribution in [0.3, 0.4) is 0 Å². The zero-order valence-corrected chi connectivity index (χ0v) is 15.5. The number of benzene rings is 1. The molecule has 10 heteroatoms. The standard InChI is InChI=1S/C18H20FN5O4/c1-9-7-24(8-14(27-9)17-21-10(2)23-28-17)18(26)22-13-4-3-12-11(15(13)19)5-6-20-16(12)25/h3-4,9,14H,5-8H2,1-2H3,(H,20,25)(H,22,26)/t9-,14-/m1/s1. The van der Waals surface area contributed by atoms with Gasteiger partial charge in [-0.3, -0.25) is 4.79 Å². The number of aryl methyl sites for hydroxylation is 1. The largest absolute Gasteiger partial charge is 0.362 e. The first-order chi connectivity index (χ1) is 13.4. The summed E-state index contributed by atoms with van der Waals surface area (Å²) in [4.78, 5) is 30.2. The third-order valence-electron chi connectivity index (χ3n) is 4.76. The van der Waals surface area contributed by atoms with Crippen LogP contribution in [0.4, 0.5) is 14.9 Å². The van der Waals surface area contributed by atoms with E-state index in [9.17, 15) is 14.0 Å². The van der Waals surface area contributed by atoms with Crippen molar-refractivity contribution in [3.8, 4) is 0 Å². The highest BCUT2D eigenvalue weighted by atomic mass is 19.1. The van der Waals surface area contributed by atoms with Crippen LogP contribution >= 0.6 is 0 Å². The smallest absolute Gasteiger partial charge is 0.322 e. The third-order valence-corrected chi connectivity index (χ3v) is 4.76. The molecule has 9 nitrogen and oxygen atoms in total. The van der Waals surface area contributed by atoms with E-state index >= 15 is 0 Å². The van der Waals surface area contributed by atoms with Crippen molar-refractivity contribution in [2.75, 3.05) is 25.0 Å². The van der Waals surface area contributed by atoms with E-state index in [0.717, 1.165) is 0 Å². The average molecular weight is 389 g/mol. The molecule has 0 aliphatic carbocycles. The number of carbonyl (C=O) groups is 2. The second-order valence-electron chi connectivity index (χ2n) is 6.91. The summed E-state index contributed by atoms with van der Waals surface area (Å²) >= 11 is 0. The maximum atomic E-state index is 14.8. The van der Waals surface area contributed by atoms with E-state index < -0.39 is 18.0 Å². The van der Waals surface area contributed by atoms with Gasteiger partial charge >= 0.3 is 6.03 Å². The lowest BCUT2D eigenvalue weighted by Crippen LogP contribution is -2.47. The Morgan fingerprint density at radius 3 is 2.96 bits per heavy atom. The van der Waals surface area contributed by atoms with E-state index in [1.165, 1.54) is 17.0 Å². The quantitative estimate of drug-likeness (QED) is 0.811. The Kier molecular flexibility index (Phi) is 4.71. The Hall–Kier alpha value is -3.01. The first kappa shape index (κ1) is 18.4. The van der Waals surface area contributed by atoms with Crippen LogP contribution in [0.15, 0.2) is 16.7 Å². The molecule has 0 unspecified atom stereocenters. The summed E-state index contributed by atoms with van der Waals surface area (Å²) in [6.45, 7) is 4.43. The number of hydrogen-bond acceptors (Lipinski definition) is 6. The van der Waals surface area contributed by atoms with Crippen molar-refractivity contribution in [3.63, 3.8) is 0 Å². The molecule has 2 aliphatic rings. The molecule has 3 heterocycles. The Labute approximate surface area is 160 Å². The molecule has 1 aromatic heterocycles. The second kappa shape index (κ2) is 7.19. The van der Waals surface area contributed by atoms with Crippen molar-refractivity contribution in [1.29, 1.82) is 0 Å². The zero-order valence-electron chi connectivity index (χ0n) is 15.5. The summed E-state index contributed by atoms with van der Waals surface area (Å²) in [5.41, 5.74) is 0.660. The number of fused-ring (bicyclic) bond motifs is 1. The van der Waals surface area contributed by atoms with Crippen LogP contribution in [0.5, 0.6) is 0 Å². The Morgan fingerprint density at radius 1 is 1.39 bits per heavy atom. The van der Waals surface area contributed by atoms with Gasteiger partial charge in [0.15, 0.2) is 17.7 Å². The predicted molar refractivity (Wildman–Crippen MR) is 95.4 cm³/mol. The van der Waals surface area contributed by atoms with Gasteiger partial charge in [0.1, 0.15) is 0 Å². The van der Waals surface area contributed by atoms with Crippen LogP contribution in [-0.4, -0.2) is 52.7 Å². The summed E-state index contributed by atoms with van der Waals surface area (Å²) in [6, 6.07) is 2.46. The molecule has 2 N–H and O–H groups in total. The lowest BCUT2D eigenvalue weighted by Gasteiger charge is -2.35. The van der Waals surface area contributed by atoms with Crippen LogP contribution in [0.2, 0.25) is 0 Å². The molecule has 0 bridgehead atoms. The molecule has 1 saturated heterocycles. The first-order valence-corrected chi connectivity index (χ1v) is 9.03. The highest BCUT2D eigenvalue weighted by Crippen LogP contribution is 2.27. The van der Waals surface area contributed by atoms with E-state index in [4.69, 9.17) is 9.26 Å². The average Bonchev–Trinajstić information content (AvgIpc) is 3.10. The van der Waals surface area contributed by atoms with Gasteiger partial charge in [-0.25, -0.2) is 9.18 Å². The number of hydrogen-bond donors (Lipinski definition) is 2. The van der Waals surface area contributed by atoms with Crippen molar-refractivity contribution in [1.82, 2.24) is 20.4 Å². The van der Waals surface area contributed by atoms with Crippen molar-refractivity contribution in [2.45, 2.75) is 32.5 Å². The van der Waals surface area contributed by atoms with Crippen molar-refractivity contribution in [2.24, 2.45) is 0 Å². The van der Waals surface area contributed by atoms with Crippen molar-refractivity contribution < 1.29 is 23.2 Å². The van der Waals surface area contributed by atoms with Crippen molar-refractivity contribution >= 4 is 17.6 Å². The Morgan fingerprint density at radius 2 is 2.21 bits per heavy atom. The number of nitrogens with zero attached hydrogens (tertiary/aromatic N) is 3. The van der Waals surface area contributed by atoms with Gasteiger partial charge in [0.05, 0.1) is 18.3 Å². The minimum absolute atomic E-state index is 0.0442. The summed E-state index contributed by atoms with van der Waals surface area (Å²) in [5.74, 6) is -0.107. The van der Waals surface area contributed by atoms with Crippen LogP contribution < -0.4 is 10.6 Å². The van der Waals surface area contributed by atoms with Gasteiger partial charge in [-0.05, 0) is 32.4 Å². The number of ether oxygens (including phenoxy) is 1. The Bertz CT molecular complexity index is 931. The molecule has 0 radical (unpaired) electrons. The van der Waals surface area contributed by atoms with Gasteiger partial charge in [-0.1, -0.05) is 5.16 Å². The third kappa shape index (κ3) is 3.42. The molecule has 2 atom stereocenters. The fraction of sp³-hybridized carbons (Fsp3) is 0.444. The molecule has 1 aromatic carbocycles. The number of nitrogens with one attached hydrogen (secondary N) is 2. The van der Waals surface area contributed by atoms with Gasteiger partial charge in [-0.15, -0.1) is 0 Å². The molecular weight excluding hydrogens is 369 g/mol. The highest BCUT2D eigenvalue weighted by molar-refractivity contribution is 5.98. The molecule has 2 aliphatic heterocycles. The molecule has 4 rings (SSSR count). The van der Waals surface area contributed by atoms with Crippen LogP contribution in [0, 0.1) is 12.7 Å². The fourth-order valence-corrected chi connectivity index (χ4v) is 3.46. The van der Waals surface area contributed by atoms with Crippen LogP contribution in [-0.2, 0) is 11.2 Å². The number of morpholine rings is 1. The second-order valence-corrected chi connectivity index (χ2v) is 6.91. The minimum Gasteiger partial charge on any atom is -0.362 e. The van der Waals surface area contributed by atoms with Crippen LogP contribution in [0.25, 0.3) is 0 Å². The zero-order chi connectivity index (χ0) is 19.8. The molecule has 2 aromatic rings. The number of halogens is 1. The van der Waals surface area contributed by atoms with E-state index in [2.05, 4.69) is 20.8 Å². The monoisotopic (exact) mass is 389 g/mol. The maximum Gasteiger partial charge on any atom is 0.322 e. The van der Waals surface area contributed by atoms with Crippen LogP contribution in [0.1, 0.15) is 40.7 Å². The van der Waals surface area contributed by atoms with Crippen molar-refractivity contribution in [3.05, 3.63) is 40.8 Å². The fourth-order valence-electron chi connectivity index (χ4n) is 3.46. The minimum atomic E-state index is -0.578. The maximum absolute atomic E-state index is 14.8. The number of aromatic nitrogens is 2. The summed E-state index contributed by atoms with van der Waals surface area (Å²) < 4.78 is 25.7. The van der Waals surface area contributed by atoms with Gasteiger partial charge in [-0.2, -0.15) is 4.98 Å². The van der Waals surface area contributed by atoms with Gasteiger partial charge < -0.3 is 24.8 Å². The number of anilines is 1. The lowest BCUT2D eigenvalue weighted by molar-refractivity contribution is -0.0769. The predicted octanol–water partition coefficient (Wildman–Crippen LogP) is 1.80. The molecule has 1 fully saturated rings. The number of urea groups is 1. The summed E-state index contributed by atoms with van der Waals surface area (Å²) in [6.07, 6.45) is -0.425. The normalized spacial score (nSPS) is 21.8. The van der Waals surface area contributed by atoms with E-state index in [-0.39, 0.29) is 24.2 Å². The molecule has 148 valence electrons. The van der Waals surface area contributed by atoms with Gasteiger partial charge in [0, 0.05) is 24.2 Å². The van der Waals surface area contributed by atoms with E-state index in [1.54, 1.807) is 6.92 Å². The van der Waals surface area contributed by atoms with E-state index in [1.807, 2.05) is 6.92 Å².